The molecule has 28 heavy (non-hydrogen) atoms. The molecule has 1 aliphatic rings. The standard InChI is InChI=1S/C24H21NO3/c1-28-19-13-11-18(12-14-19)20(17-7-3-2-4-8-17)15-16-25-23(26)21-9-5-6-10-22(21)24(25)27/h2-14,20H,15-16H2,1H3/t20-/m1/s1. The quantitative estimate of drug-likeness (QED) is 0.599. The molecule has 0 aliphatic carbocycles. The number of hydrogen-bond acceptors (Lipinski definition) is 3. The van der Waals surface area contributed by atoms with Gasteiger partial charge in [0.05, 0.1) is 18.2 Å². The molecule has 2 amide bonds. The molecule has 4 heteroatoms. The van der Waals surface area contributed by atoms with Crippen molar-refractivity contribution in [2.45, 2.75) is 12.3 Å². The number of hydrogen-bond donors (Lipinski definition) is 0. The lowest BCUT2D eigenvalue weighted by Gasteiger charge is -2.21. The van der Waals surface area contributed by atoms with Gasteiger partial charge in [-0.3, -0.25) is 14.5 Å². The van der Waals surface area contributed by atoms with Gasteiger partial charge in [0.1, 0.15) is 5.75 Å². The van der Waals surface area contributed by atoms with Crippen LogP contribution in [0.2, 0.25) is 0 Å². The van der Waals surface area contributed by atoms with Crippen molar-refractivity contribution in [3.63, 3.8) is 0 Å². The zero-order valence-corrected chi connectivity index (χ0v) is 15.7. The SMILES string of the molecule is COc1ccc([C@H](CCN2C(=O)c3ccccc3C2=O)c2ccccc2)cc1. The highest BCUT2D eigenvalue weighted by Crippen LogP contribution is 2.31. The fraction of sp³-hybridized carbons (Fsp3) is 0.167. The van der Waals surface area contributed by atoms with Gasteiger partial charge in [0.15, 0.2) is 0 Å². The van der Waals surface area contributed by atoms with Crippen LogP contribution in [0, 0.1) is 0 Å². The molecule has 0 spiro atoms. The van der Waals surface area contributed by atoms with Crippen molar-refractivity contribution in [2.75, 3.05) is 13.7 Å². The average Bonchev–Trinajstić information content (AvgIpc) is 3.00. The van der Waals surface area contributed by atoms with Crippen molar-refractivity contribution < 1.29 is 14.3 Å². The Balaban J connectivity index is 1.58. The van der Waals surface area contributed by atoms with Gasteiger partial charge in [0.2, 0.25) is 0 Å². The van der Waals surface area contributed by atoms with Crippen molar-refractivity contribution in [2.24, 2.45) is 0 Å². The molecule has 1 aliphatic heterocycles. The second kappa shape index (κ2) is 7.69. The summed E-state index contributed by atoms with van der Waals surface area (Å²) in [6, 6.07) is 25.1. The van der Waals surface area contributed by atoms with Crippen LogP contribution in [0.15, 0.2) is 78.9 Å². The number of ether oxygens (including phenoxy) is 1. The molecule has 4 rings (SSSR count). The molecule has 0 saturated carbocycles. The molecule has 0 aromatic heterocycles. The van der Waals surface area contributed by atoms with Crippen LogP contribution in [-0.2, 0) is 0 Å². The summed E-state index contributed by atoms with van der Waals surface area (Å²) in [5.74, 6) is 0.469. The fourth-order valence-corrected chi connectivity index (χ4v) is 3.75. The summed E-state index contributed by atoms with van der Waals surface area (Å²) in [5, 5.41) is 0. The van der Waals surface area contributed by atoms with E-state index < -0.39 is 0 Å². The van der Waals surface area contributed by atoms with E-state index in [1.807, 2.05) is 42.5 Å². The first-order chi connectivity index (χ1) is 13.7. The number of carbonyl (C=O) groups is 2. The van der Waals surface area contributed by atoms with Crippen LogP contribution < -0.4 is 4.74 Å². The summed E-state index contributed by atoms with van der Waals surface area (Å²) in [6.07, 6.45) is 0.655. The maximum Gasteiger partial charge on any atom is 0.261 e. The molecular formula is C24H21NO3. The van der Waals surface area contributed by atoms with Crippen molar-refractivity contribution >= 4 is 11.8 Å². The first-order valence-corrected chi connectivity index (χ1v) is 9.33. The Morgan fingerprint density at radius 2 is 1.29 bits per heavy atom. The average molecular weight is 371 g/mol. The van der Waals surface area contributed by atoms with E-state index in [9.17, 15) is 9.59 Å². The van der Waals surface area contributed by atoms with Crippen molar-refractivity contribution in [3.05, 3.63) is 101 Å². The molecular weight excluding hydrogens is 350 g/mol. The Hall–Kier alpha value is -3.40. The summed E-state index contributed by atoms with van der Waals surface area (Å²) in [6.45, 7) is 0.373. The third-order valence-corrected chi connectivity index (χ3v) is 5.24. The second-order valence-electron chi connectivity index (χ2n) is 6.83. The molecule has 0 fully saturated rings. The van der Waals surface area contributed by atoms with E-state index in [1.54, 1.807) is 31.4 Å². The molecule has 0 radical (unpaired) electrons. The summed E-state index contributed by atoms with van der Waals surface area (Å²) >= 11 is 0. The van der Waals surface area contributed by atoms with Crippen LogP contribution in [-0.4, -0.2) is 30.4 Å². The minimum Gasteiger partial charge on any atom is -0.497 e. The maximum absolute atomic E-state index is 12.7. The lowest BCUT2D eigenvalue weighted by Crippen LogP contribution is -2.31. The first kappa shape index (κ1) is 18.0. The topological polar surface area (TPSA) is 46.6 Å². The van der Waals surface area contributed by atoms with Gasteiger partial charge in [-0.05, 0) is 41.8 Å². The van der Waals surface area contributed by atoms with Gasteiger partial charge < -0.3 is 4.74 Å². The van der Waals surface area contributed by atoms with E-state index in [-0.39, 0.29) is 17.7 Å². The molecule has 140 valence electrons. The van der Waals surface area contributed by atoms with Crippen LogP contribution in [0.25, 0.3) is 0 Å². The molecule has 0 N–H and O–H groups in total. The Bertz CT molecular complexity index is 961. The summed E-state index contributed by atoms with van der Waals surface area (Å²) in [5.41, 5.74) is 3.27. The Kier molecular flexibility index (Phi) is 4.94. The summed E-state index contributed by atoms with van der Waals surface area (Å²) in [7, 11) is 1.64. The number of fused-ring (bicyclic) bond motifs is 1. The van der Waals surface area contributed by atoms with Crippen LogP contribution in [0.3, 0.4) is 0 Å². The van der Waals surface area contributed by atoms with Crippen molar-refractivity contribution in [3.8, 4) is 5.75 Å². The van der Waals surface area contributed by atoms with Crippen LogP contribution in [0.5, 0.6) is 5.75 Å². The number of amides is 2. The number of benzene rings is 3. The zero-order valence-electron chi connectivity index (χ0n) is 15.7. The first-order valence-electron chi connectivity index (χ1n) is 9.33. The fourth-order valence-electron chi connectivity index (χ4n) is 3.75. The number of rotatable bonds is 6. The molecule has 3 aromatic rings. The van der Waals surface area contributed by atoms with Crippen LogP contribution >= 0.6 is 0 Å². The van der Waals surface area contributed by atoms with Gasteiger partial charge in [-0.1, -0.05) is 54.6 Å². The Morgan fingerprint density at radius 3 is 1.86 bits per heavy atom. The lowest BCUT2D eigenvalue weighted by molar-refractivity contribution is 0.0651. The molecule has 1 heterocycles. The largest absolute Gasteiger partial charge is 0.497 e. The van der Waals surface area contributed by atoms with E-state index in [2.05, 4.69) is 12.1 Å². The zero-order chi connectivity index (χ0) is 19.5. The Morgan fingerprint density at radius 1 is 0.750 bits per heavy atom. The third-order valence-electron chi connectivity index (χ3n) is 5.24. The highest BCUT2D eigenvalue weighted by atomic mass is 16.5. The van der Waals surface area contributed by atoms with E-state index >= 15 is 0 Å². The smallest absolute Gasteiger partial charge is 0.261 e. The number of carbonyl (C=O) groups excluding carboxylic acids is 2. The van der Waals surface area contributed by atoms with Crippen molar-refractivity contribution in [1.29, 1.82) is 0 Å². The minimum atomic E-state index is -0.206. The highest BCUT2D eigenvalue weighted by molar-refractivity contribution is 6.21. The van der Waals surface area contributed by atoms with Crippen LogP contribution in [0.1, 0.15) is 44.2 Å². The maximum atomic E-state index is 12.7. The third kappa shape index (κ3) is 3.29. The van der Waals surface area contributed by atoms with Gasteiger partial charge in [-0.15, -0.1) is 0 Å². The molecule has 1 atom stereocenters. The van der Waals surface area contributed by atoms with Crippen LogP contribution in [0.4, 0.5) is 0 Å². The van der Waals surface area contributed by atoms with Crippen molar-refractivity contribution in [1.82, 2.24) is 4.90 Å². The van der Waals surface area contributed by atoms with Gasteiger partial charge in [0.25, 0.3) is 11.8 Å². The number of nitrogens with zero attached hydrogens (tertiary/aromatic N) is 1. The number of imide groups is 1. The lowest BCUT2D eigenvalue weighted by atomic mass is 9.88. The number of methoxy groups -OCH3 is 1. The van der Waals surface area contributed by atoms with Gasteiger partial charge in [0, 0.05) is 12.5 Å². The molecule has 0 bridgehead atoms. The van der Waals surface area contributed by atoms with Gasteiger partial charge >= 0.3 is 0 Å². The highest BCUT2D eigenvalue weighted by Gasteiger charge is 2.35. The predicted octanol–water partition coefficient (Wildman–Crippen LogP) is 4.51. The van der Waals surface area contributed by atoms with E-state index in [1.165, 1.54) is 4.90 Å². The summed E-state index contributed by atoms with van der Waals surface area (Å²) < 4.78 is 5.26. The predicted molar refractivity (Wildman–Crippen MR) is 108 cm³/mol. The normalized spacial score (nSPS) is 14.1. The Labute approximate surface area is 164 Å². The van der Waals surface area contributed by atoms with E-state index in [4.69, 9.17) is 4.74 Å². The van der Waals surface area contributed by atoms with Gasteiger partial charge in [-0.2, -0.15) is 0 Å². The molecule has 0 saturated heterocycles. The second-order valence-corrected chi connectivity index (χ2v) is 6.83. The van der Waals surface area contributed by atoms with Gasteiger partial charge in [-0.25, -0.2) is 0 Å². The molecule has 4 nitrogen and oxygen atoms in total. The van der Waals surface area contributed by atoms with E-state index in [0.717, 1.165) is 16.9 Å². The van der Waals surface area contributed by atoms with E-state index in [0.29, 0.717) is 24.1 Å². The monoisotopic (exact) mass is 371 g/mol. The molecule has 3 aromatic carbocycles. The molecule has 0 unspecified atom stereocenters. The minimum absolute atomic E-state index is 0.0800. The summed E-state index contributed by atoms with van der Waals surface area (Å²) in [4.78, 5) is 26.7.